The van der Waals surface area contributed by atoms with Crippen LogP contribution in [0.1, 0.15) is 39.2 Å². The molecule has 0 amide bonds. The summed E-state index contributed by atoms with van der Waals surface area (Å²) in [5, 5.41) is 3.55. The van der Waals surface area contributed by atoms with Gasteiger partial charge in [0.25, 0.3) is 0 Å². The molecule has 0 aromatic heterocycles. The van der Waals surface area contributed by atoms with E-state index in [4.69, 9.17) is 11.6 Å². The predicted molar refractivity (Wildman–Crippen MR) is 85.9 cm³/mol. The van der Waals surface area contributed by atoms with Gasteiger partial charge in [-0.15, -0.1) is 0 Å². The van der Waals surface area contributed by atoms with Crippen LogP contribution in [0.15, 0.2) is 24.3 Å². The number of hydrogen-bond donors (Lipinski definition) is 1. The third kappa shape index (κ3) is 5.08. The van der Waals surface area contributed by atoms with Crippen LogP contribution in [0.4, 0.5) is 0 Å². The summed E-state index contributed by atoms with van der Waals surface area (Å²) in [6.45, 7) is 6.73. The van der Waals surface area contributed by atoms with Crippen LogP contribution in [-0.2, 0) is 15.6 Å². The van der Waals surface area contributed by atoms with Gasteiger partial charge in [0.2, 0.25) is 0 Å². The van der Waals surface area contributed by atoms with Gasteiger partial charge in [-0.3, -0.25) is 0 Å². The summed E-state index contributed by atoms with van der Waals surface area (Å²) in [4.78, 5) is 0. The minimum Gasteiger partial charge on any atom is -0.313 e. The van der Waals surface area contributed by atoms with E-state index in [1.165, 1.54) is 0 Å². The smallest absolute Gasteiger partial charge is 0.158 e. The minimum atomic E-state index is -3.17. The van der Waals surface area contributed by atoms with Gasteiger partial charge in [0.1, 0.15) is 0 Å². The Hall–Kier alpha value is -0.580. The second-order valence-corrected chi connectivity index (χ2v) is 7.90. The van der Waals surface area contributed by atoms with Crippen LogP contribution < -0.4 is 5.32 Å². The van der Waals surface area contributed by atoms with E-state index < -0.39 is 15.1 Å². The van der Waals surface area contributed by atoms with Crippen molar-refractivity contribution in [2.75, 3.05) is 6.54 Å². The van der Waals surface area contributed by atoms with Crippen molar-refractivity contribution in [2.24, 2.45) is 0 Å². The molecule has 114 valence electrons. The summed E-state index contributed by atoms with van der Waals surface area (Å²) in [6, 6.07) is 7.00. The molecular formula is C15H24ClNO2S. The molecule has 0 aliphatic heterocycles. The van der Waals surface area contributed by atoms with Crippen molar-refractivity contribution < 1.29 is 8.42 Å². The van der Waals surface area contributed by atoms with Crippen molar-refractivity contribution in [3.8, 4) is 0 Å². The molecule has 1 rings (SSSR count). The van der Waals surface area contributed by atoms with Crippen LogP contribution in [0.25, 0.3) is 0 Å². The van der Waals surface area contributed by atoms with E-state index in [0.717, 1.165) is 24.9 Å². The molecule has 0 radical (unpaired) electrons. The number of sulfone groups is 1. The molecule has 0 fully saturated rings. The van der Waals surface area contributed by atoms with Gasteiger partial charge < -0.3 is 5.32 Å². The zero-order valence-corrected chi connectivity index (χ0v) is 14.0. The van der Waals surface area contributed by atoms with Crippen molar-refractivity contribution in [1.82, 2.24) is 5.32 Å². The Kier molecular flexibility index (Phi) is 7.00. The zero-order chi connectivity index (χ0) is 15.2. The maximum Gasteiger partial charge on any atom is 0.158 e. The van der Waals surface area contributed by atoms with Crippen molar-refractivity contribution in [3.63, 3.8) is 0 Å². The van der Waals surface area contributed by atoms with E-state index >= 15 is 0 Å². The highest BCUT2D eigenvalue weighted by Crippen LogP contribution is 2.17. The summed E-state index contributed by atoms with van der Waals surface area (Å²) in [5.74, 6) is 0.0651. The van der Waals surface area contributed by atoms with Crippen molar-refractivity contribution in [2.45, 2.75) is 50.7 Å². The first kappa shape index (κ1) is 17.5. The highest BCUT2D eigenvalue weighted by Gasteiger charge is 2.28. The van der Waals surface area contributed by atoms with Gasteiger partial charge in [0.15, 0.2) is 9.84 Å². The number of nitrogens with one attached hydrogen (secondary N) is 1. The third-order valence-corrected chi connectivity index (χ3v) is 5.96. The van der Waals surface area contributed by atoms with Crippen molar-refractivity contribution in [1.29, 1.82) is 0 Å². The van der Waals surface area contributed by atoms with Gasteiger partial charge in [-0.05, 0) is 44.0 Å². The topological polar surface area (TPSA) is 46.2 Å². The van der Waals surface area contributed by atoms with Crippen molar-refractivity contribution >= 4 is 21.4 Å². The average molecular weight is 318 g/mol. The highest BCUT2D eigenvalue weighted by molar-refractivity contribution is 7.91. The van der Waals surface area contributed by atoms with E-state index in [-0.39, 0.29) is 11.8 Å². The Labute approximate surface area is 127 Å². The lowest BCUT2D eigenvalue weighted by atomic mass is 10.1. The van der Waals surface area contributed by atoms with Crippen LogP contribution in [0.5, 0.6) is 0 Å². The number of hydrogen-bond acceptors (Lipinski definition) is 3. The first-order chi connectivity index (χ1) is 9.40. The Balaban J connectivity index is 2.78. The minimum absolute atomic E-state index is 0.00671. The Morgan fingerprint density at radius 1 is 1.20 bits per heavy atom. The summed E-state index contributed by atoms with van der Waals surface area (Å²) in [6.07, 6.45) is 1.81. The van der Waals surface area contributed by atoms with E-state index in [2.05, 4.69) is 12.2 Å². The van der Waals surface area contributed by atoms with Crippen LogP contribution in [0.3, 0.4) is 0 Å². The first-order valence-electron chi connectivity index (χ1n) is 7.10. The molecule has 20 heavy (non-hydrogen) atoms. The summed E-state index contributed by atoms with van der Waals surface area (Å²) >= 11 is 5.82. The largest absolute Gasteiger partial charge is 0.313 e. The molecule has 0 saturated heterocycles. The maximum absolute atomic E-state index is 12.5. The monoisotopic (exact) mass is 317 g/mol. The molecule has 1 aromatic carbocycles. The van der Waals surface area contributed by atoms with Crippen LogP contribution in [0.2, 0.25) is 5.02 Å². The molecule has 5 heteroatoms. The summed E-state index contributed by atoms with van der Waals surface area (Å²) in [7, 11) is -3.17. The Morgan fingerprint density at radius 3 is 2.30 bits per heavy atom. The zero-order valence-electron chi connectivity index (χ0n) is 12.4. The fraction of sp³-hybridized carbons (Fsp3) is 0.600. The normalized spacial score (nSPS) is 15.0. The van der Waals surface area contributed by atoms with Crippen LogP contribution in [-0.4, -0.2) is 26.3 Å². The van der Waals surface area contributed by atoms with Crippen molar-refractivity contribution in [3.05, 3.63) is 34.9 Å². The number of benzene rings is 1. The second-order valence-electron chi connectivity index (χ2n) is 5.11. The maximum atomic E-state index is 12.5. The molecule has 0 saturated carbocycles. The summed E-state index contributed by atoms with van der Waals surface area (Å²) in [5.41, 5.74) is 0.784. The Morgan fingerprint density at radius 2 is 1.80 bits per heavy atom. The van der Waals surface area contributed by atoms with Gasteiger partial charge in [0.05, 0.1) is 11.0 Å². The van der Waals surface area contributed by atoms with E-state index in [9.17, 15) is 8.42 Å². The fourth-order valence-electron chi connectivity index (χ4n) is 2.17. The van der Waals surface area contributed by atoms with E-state index in [1.54, 1.807) is 31.2 Å². The average Bonchev–Trinajstić information content (AvgIpc) is 2.42. The van der Waals surface area contributed by atoms with E-state index in [1.807, 2.05) is 6.92 Å². The van der Waals surface area contributed by atoms with Crippen LogP contribution in [0, 0.1) is 0 Å². The van der Waals surface area contributed by atoms with Gasteiger partial charge in [-0.25, -0.2) is 8.42 Å². The highest BCUT2D eigenvalue weighted by atomic mass is 35.5. The predicted octanol–water partition coefficient (Wildman–Crippen LogP) is 3.42. The molecular weight excluding hydrogens is 294 g/mol. The Bertz CT molecular complexity index is 499. The number of halogens is 1. The summed E-state index contributed by atoms with van der Waals surface area (Å²) < 4.78 is 25.0. The molecule has 1 N–H and O–H groups in total. The quantitative estimate of drug-likeness (QED) is 0.799. The third-order valence-electron chi connectivity index (χ3n) is 3.51. The molecule has 0 heterocycles. The molecule has 3 nitrogen and oxygen atoms in total. The molecule has 0 aliphatic rings. The standard InChI is InChI=1S/C15H24ClNO2S/c1-4-10-17-15(5-2)12(3)20(18,19)11-13-6-8-14(16)9-7-13/h6-9,12,15,17H,4-5,10-11H2,1-3H3. The molecule has 2 atom stereocenters. The first-order valence-corrected chi connectivity index (χ1v) is 9.19. The lowest BCUT2D eigenvalue weighted by Crippen LogP contribution is -2.42. The van der Waals surface area contributed by atoms with Gasteiger partial charge in [-0.2, -0.15) is 0 Å². The lowest BCUT2D eigenvalue weighted by molar-refractivity contribution is 0.471. The van der Waals surface area contributed by atoms with Crippen LogP contribution >= 0.6 is 11.6 Å². The number of rotatable bonds is 8. The molecule has 0 bridgehead atoms. The van der Waals surface area contributed by atoms with Gasteiger partial charge >= 0.3 is 0 Å². The van der Waals surface area contributed by atoms with Gasteiger partial charge in [0, 0.05) is 11.1 Å². The van der Waals surface area contributed by atoms with Gasteiger partial charge in [-0.1, -0.05) is 37.6 Å². The molecule has 2 unspecified atom stereocenters. The molecule has 1 aromatic rings. The SMILES string of the molecule is CCCNC(CC)C(C)S(=O)(=O)Cc1ccc(Cl)cc1. The molecule has 0 spiro atoms. The van der Waals surface area contributed by atoms with E-state index in [0.29, 0.717) is 5.02 Å². The fourth-order valence-corrected chi connectivity index (χ4v) is 4.00. The second kappa shape index (κ2) is 8.01. The lowest BCUT2D eigenvalue weighted by Gasteiger charge is -2.24. The molecule has 0 aliphatic carbocycles.